The highest BCUT2D eigenvalue weighted by atomic mass is 31.2. The van der Waals surface area contributed by atoms with E-state index in [4.69, 9.17) is 26.9 Å². The van der Waals surface area contributed by atoms with E-state index in [-0.39, 0.29) is 19.2 Å². The van der Waals surface area contributed by atoms with Crippen molar-refractivity contribution in [1.82, 2.24) is 0 Å². The fourth-order valence-electron chi connectivity index (χ4n) is 2.55. The Kier molecular flexibility index (Phi) is 7.10. The molecule has 11 heteroatoms. The van der Waals surface area contributed by atoms with Crippen LogP contribution >= 0.6 is 15.4 Å². The third kappa shape index (κ3) is 6.12. The van der Waals surface area contributed by atoms with Crippen molar-refractivity contribution in [3.05, 3.63) is 0 Å². The van der Waals surface area contributed by atoms with Gasteiger partial charge in [0.25, 0.3) is 0 Å². The molecular weight excluding hydrogens is 321 g/mol. The van der Waals surface area contributed by atoms with Crippen molar-refractivity contribution in [3.8, 4) is 0 Å². The Hall–Kier alpha value is 0.285. The molecule has 0 bridgehead atoms. The summed E-state index contributed by atoms with van der Waals surface area (Å²) < 4.78 is 37.7. The molecule has 1 rings (SSSR count). The summed E-state index contributed by atoms with van der Waals surface area (Å²) in [7, 11) is -1.12. The minimum absolute atomic E-state index is 0.00263. The zero-order valence-corrected chi connectivity index (χ0v) is 13.8. The molecule has 0 aromatic heterocycles. The molecule has 1 aliphatic rings. The Morgan fingerprint density at radius 2 is 1.86 bits per heavy atom. The van der Waals surface area contributed by atoms with E-state index >= 15 is 0 Å². The van der Waals surface area contributed by atoms with Crippen LogP contribution in [0.3, 0.4) is 0 Å². The topological polar surface area (TPSA) is 123 Å². The molecule has 0 aromatic rings. The van der Waals surface area contributed by atoms with Crippen molar-refractivity contribution in [3.63, 3.8) is 0 Å². The minimum Gasteiger partial charge on any atom is -0.379 e. The number of phosphoric acid groups is 1. The van der Waals surface area contributed by atoms with E-state index in [2.05, 4.69) is 4.52 Å². The quantitative estimate of drug-likeness (QED) is 0.442. The molecule has 2 radical (unpaired) electrons. The van der Waals surface area contributed by atoms with E-state index in [1.165, 1.54) is 7.11 Å². The number of hydrogen-bond acceptors (Lipinski definition) is 5. The average Bonchev–Trinajstić information content (AvgIpc) is 2.60. The van der Waals surface area contributed by atoms with Crippen LogP contribution in [0.4, 0.5) is 0 Å². The van der Waals surface area contributed by atoms with Gasteiger partial charge in [0.05, 0.1) is 32.8 Å². The van der Waals surface area contributed by atoms with Crippen molar-refractivity contribution in [2.24, 2.45) is 5.92 Å². The van der Waals surface area contributed by atoms with Crippen LogP contribution in [0.1, 0.15) is 19.8 Å². The van der Waals surface area contributed by atoms with Crippen molar-refractivity contribution in [2.45, 2.75) is 37.8 Å². The van der Waals surface area contributed by atoms with Crippen LogP contribution < -0.4 is 0 Å². The van der Waals surface area contributed by atoms with Gasteiger partial charge in [-0.25, -0.2) is 4.57 Å². The van der Waals surface area contributed by atoms with Crippen molar-refractivity contribution in [2.75, 3.05) is 19.9 Å². The normalized spacial score (nSPS) is 33.0. The smallest absolute Gasteiger partial charge is 0.379 e. The fourth-order valence-corrected chi connectivity index (χ4v) is 4.20. The standard InChI is InChI=1S/C10H21BO8P2/c1-3-18-21(15,16)19-9-7(4-5-20(12,13)14)6-8(11)10(9)17-2/h7-10H,3-6H2,1-2H3,(H,15,16)(H2,12,13,14)/t7-,8-,9+,10-/m0/s1. The highest BCUT2D eigenvalue weighted by Gasteiger charge is 2.45. The lowest BCUT2D eigenvalue weighted by Gasteiger charge is -2.27. The SMILES string of the molecule is [B][C@H]1C[C@H](CCP(=O)(O)O)[C@@H](OP(=O)(O)OCC)[C@H]1OC. The van der Waals surface area contributed by atoms with E-state index < -0.39 is 39.4 Å². The second-order valence-electron chi connectivity index (χ2n) is 4.99. The Labute approximate surface area is 125 Å². The summed E-state index contributed by atoms with van der Waals surface area (Å²) >= 11 is 0. The first kappa shape index (κ1) is 19.3. The average molecular weight is 342 g/mol. The molecule has 1 saturated carbocycles. The fraction of sp³-hybridized carbons (Fsp3) is 1.00. The molecule has 0 amide bonds. The summed E-state index contributed by atoms with van der Waals surface area (Å²) in [5, 5.41) is 0. The number of rotatable bonds is 8. The number of methoxy groups -OCH3 is 1. The van der Waals surface area contributed by atoms with E-state index in [0.717, 1.165) is 0 Å². The first-order valence-corrected chi connectivity index (χ1v) is 9.87. The Balaban J connectivity index is 2.80. The third-order valence-electron chi connectivity index (χ3n) is 3.40. The number of phosphoric ester groups is 1. The van der Waals surface area contributed by atoms with Crippen LogP contribution in [0.15, 0.2) is 0 Å². The van der Waals surface area contributed by atoms with Gasteiger partial charge in [0, 0.05) is 7.11 Å². The summed E-state index contributed by atoms with van der Waals surface area (Å²) in [6.07, 6.45) is -1.32. The number of ether oxygens (including phenoxy) is 1. The maximum atomic E-state index is 11.7. The van der Waals surface area contributed by atoms with Crippen LogP contribution in [0, 0.1) is 5.92 Å². The predicted octanol–water partition coefficient (Wildman–Crippen LogP) is 1.07. The molecule has 21 heavy (non-hydrogen) atoms. The Morgan fingerprint density at radius 1 is 1.24 bits per heavy atom. The van der Waals surface area contributed by atoms with Crippen LogP contribution in [0.5, 0.6) is 0 Å². The molecule has 8 nitrogen and oxygen atoms in total. The summed E-state index contributed by atoms with van der Waals surface area (Å²) in [6.45, 7) is 1.54. The lowest BCUT2D eigenvalue weighted by Crippen LogP contribution is -2.31. The van der Waals surface area contributed by atoms with Gasteiger partial charge in [-0.1, -0.05) is 6.42 Å². The lowest BCUT2D eigenvalue weighted by molar-refractivity contribution is -0.0127. The lowest BCUT2D eigenvalue weighted by atomic mass is 9.83. The molecule has 1 fully saturated rings. The summed E-state index contributed by atoms with van der Waals surface area (Å²) in [5.41, 5.74) is 0. The van der Waals surface area contributed by atoms with Crippen LogP contribution in [0.2, 0.25) is 5.82 Å². The van der Waals surface area contributed by atoms with E-state index in [1.54, 1.807) is 6.92 Å². The van der Waals surface area contributed by atoms with E-state index in [1.807, 2.05) is 0 Å². The molecule has 3 N–H and O–H groups in total. The van der Waals surface area contributed by atoms with Gasteiger partial charge in [-0.2, -0.15) is 0 Å². The first-order valence-electron chi connectivity index (χ1n) is 6.58. The summed E-state index contributed by atoms with van der Waals surface area (Å²) in [6, 6.07) is 0. The van der Waals surface area contributed by atoms with Gasteiger partial charge in [-0.05, 0) is 25.1 Å². The molecule has 1 unspecified atom stereocenters. The maximum Gasteiger partial charge on any atom is 0.472 e. The molecular formula is C10H21BO8P2. The Bertz CT molecular complexity index is 427. The number of hydrogen-bond donors (Lipinski definition) is 3. The van der Waals surface area contributed by atoms with E-state index in [0.29, 0.717) is 6.42 Å². The molecule has 0 heterocycles. The van der Waals surface area contributed by atoms with Gasteiger partial charge in [0.15, 0.2) is 0 Å². The zero-order chi connectivity index (χ0) is 16.3. The van der Waals surface area contributed by atoms with Gasteiger partial charge in [-0.15, -0.1) is 0 Å². The second-order valence-corrected chi connectivity index (χ2v) is 8.18. The molecule has 122 valence electrons. The van der Waals surface area contributed by atoms with Gasteiger partial charge in [0.2, 0.25) is 0 Å². The molecule has 1 aliphatic carbocycles. The molecule has 0 aromatic carbocycles. The van der Waals surface area contributed by atoms with Gasteiger partial charge < -0.3 is 19.4 Å². The monoisotopic (exact) mass is 342 g/mol. The van der Waals surface area contributed by atoms with E-state index in [9.17, 15) is 14.0 Å². The largest absolute Gasteiger partial charge is 0.472 e. The Morgan fingerprint density at radius 3 is 2.33 bits per heavy atom. The van der Waals surface area contributed by atoms with Crippen molar-refractivity contribution >= 4 is 23.3 Å². The summed E-state index contributed by atoms with van der Waals surface area (Å²) in [4.78, 5) is 27.5. The molecule has 5 atom stereocenters. The van der Waals surface area contributed by atoms with Crippen molar-refractivity contribution < 1.29 is 37.6 Å². The minimum atomic E-state index is -4.25. The molecule has 0 aliphatic heterocycles. The maximum absolute atomic E-state index is 11.7. The molecule has 0 spiro atoms. The highest BCUT2D eigenvalue weighted by Crippen LogP contribution is 2.52. The second kappa shape index (κ2) is 7.71. The third-order valence-corrected chi connectivity index (χ3v) is 5.33. The zero-order valence-electron chi connectivity index (χ0n) is 12.0. The van der Waals surface area contributed by atoms with Crippen LogP contribution in [-0.4, -0.2) is 54.6 Å². The van der Waals surface area contributed by atoms with Crippen LogP contribution in [-0.2, 0) is 22.9 Å². The summed E-state index contributed by atoms with van der Waals surface area (Å²) in [5.74, 6) is -0.832. The highest BCUT2D eigenvalue weighted by molar-refractivity contribution is 7.51. The van der Waals surface area contributed by atoms with Gasteiger partial charge in [0.1, 0.15) is 0 Å². The molecule has 0 saturated heterocycles. The predicted molar refractivity (Wildman–Crippen MR) is 76.3 cm³/mol. The van der Waals surface area contributed by atoms with Crippen LogP contribution in [0.25, 0.3) is 0 Å². The van der Waals surface area contributed by atoms with Gasteiger partial charge >= 0.3 is 15.4 Å². The van der Waals surface area contributed by atoms with Gasteiger partial charge in [-0.3, -0.25) is 13.6 Å². The van der Waals surface area contributed by atoms with Crippen molar-refractivity contribution in [1.29, 1.82) is 0 Å². The first-order chi connectivity index (χ1) is 9.59.